The predicted molar refractivity (Wildman–Crippen MR) is 103 cm³/mol. The highest BCUT2D eigenvalue weighted by molar-refractivity contribution is 7.16. The zero-order chi connectivity index (χ0) is 18.7. The number of halogens is 1. The molecule has 0 aliphatic heterocycles. The first-order valence-electron chi connectivity index (χ1n) is 8.36. The van der Waals surface area contributed by atoms with E-state index in [0.717, 1.165) is 15.8 Å². The minimum Gasteiger partial charge on any atom is -0.305 e. The topological polar surface area (TPSA) is 34.4 Å². The van der Waals surface area contributed by atoms with Crippen molar-refractivity contribution in [1.29, 1.82) is 0 Å². The van der Waals surface area contributed by atoms with Gasteiger partial charge in [0.2, 0.25) is 0 Å². The van der Waals surface area contributed by atoms with E-state index in [9.17, 15) is 9.18 Å². The SMILES string of the molecule is C#CCn1c(=NC(=O)Cc2ccc(F)cc2)sc2cc(C(C)C)ccc21. The number of terminal acetylenes is 1. The fourth-order valence-electron chi connectivity index (χ4n) is 2.70. The minimum atomic E-state index is -0.324. The van der Waals surface area contributed by atoms with E-state index in [1.54, 1.807) is 12.1 Å². The molecule has 0 bridgehead atoms. The van der Waals surface area contributed by atoms with E-state index in [1.165, 1.54) is 29.0 Å². The van der Waals surface area contributed by atoms with Crippen LogP contribution in [0.3, 0.4) is 0 Å². The Labute approximate surface area is 155 Å². The van der Waals surface area contributed by atoms with Gasteiger partial charge in [-0.15, -0.1) is 6.42 Å². The van der Waals surface area contributed by atoms with Gasteiger partial charge in [-0.1, -0.05) is 49.3 Å². The lowest BCUT2D eigenvalue weighted by Crippen LogP contribution is -2.17. The summed E-state index contributed by atoms with van der Waals surface area (Å²) in [5, 5.41) is 0. The number of benzene rings is 2. The predicted octanol–water partition coefficient (Wildman–Crippen LogP) is 4.27. The molecule has 0 atom stereocenters. The zero-order valence-electron chi connectivity index (χ0n) is 14.7. The van der Waals surface area contributed by atoms with Gasteiger partial charge in [0.05, 0.1) is 23.2 Å². The summed E-state index contributed by atoms with van der Waals surface area (Å²) in [6.07, 6.45) is 5.62. The monoisotopic (exact) mass is 366 g/mol. The zero-order valence-corrected chi connectivity index (χ0v) is 15.5. The number of fused-ring (bicyclic) bond motifs is 1. The van der Waals surface area contributed by atoms with Crippen molar-refractivity contribution in [3.05, 3.63) is 64.2 Å². The first-order chi connectivity index (χ1) is 12.5. The maximum absolute atomic E-state index is 13.0. The lowest BCUT2D eigenvalue weighted by atomic mass is 10.0. The fraction of sp³-hybridized carbons (Fsp3) is 0.238. The molecular formula is C21H19FN2OS. The van der Waals surface area contributed by atoms with Crippen LogP contribution in [0.15, 0.2) is 47.5 Å². The number of carbonyl (C=O) groups is 1. The van der Waals surface area contributed by atoms with Gasteiger partial charge in [-0.3, -0.25) is 4.79 Å². The van der Waals surface area contributed by atoms with E-state index in [1.807, 2.05) is 10.6 Å². The lowest BCUT2D eigenvalue weighted by Gasteiger charge is -2.05. The molecule has 5 heteroatoms. The summed E-state index contributed by atoms with van der Waals surface area (Å²) >= 11 is 1.46. The minimum absolute atomic E-state index is 0.127. The van der Waals surface area contributed by atoms with Gasteiger partial charge in [-0.2, -0.15) is 4.99 Å². The average molecular weight is 366 g/mol. The second-order valence-corrected chi connectivity index (χ2v) is 7.37. The van der Waals surface area contributed by atoms with Crippen LogP contribution in [0.25, 0.3) is 10.2 Å². The van der Waals surface area contributed by atoms with Crippen LogP contribution in [0.4, 0.5) is 4.39 Å². The Kier molecular flexibility index (Phi) is 5.34. The Morgan fingerprint density at radius 2 is 2.00 bits per heavy atom. The molecule has 0 radical (unpaired) electrons. The quantitative estimate of drug-likeness (QED) is 0.635. The number of amides is 1. The first kappa shape index (κ1) is 18.1. The van der Waals surface area contributed by atoms with Crippen molar-refractivity contribution < 1.29 is 9.18 Å². The molecule has 0 aliphatic carbocycles. The highest BCUT2D eigenvalue weighted by atomic mass is 32.1. The van der Waals surface area contributed by atoms with Crippen LogP contribution in [-0.2, 0) is 17.8 Å². The Morgan fingerprint density at radius 1 is 1.27 bits per heavy atom. The molecule has 0 unspecified atom stereocenters. The number of rotatable bonds is 4. The van der Waals surface area contributed by atoms with E-state index in [-0.39, 0.29) is 18.1 Å². The highest BCUT2D eigenvalue weighted by Crippen LogP contribution is 2.23. The maximum Gasteiger partial charge on any atom is 0.252 e. The molecule has 0 N–H and O–H groups in total. The number of hydrogen-bond acceptors (Lipinski definition) is 2. The van der Waals surface area contributed by atoms with E-state index in [0.29, 0.717) is 17.3 Å². The normalized spacial score (nSPS) is 11.9. The van der Waals surface area contributed by atoms with Crippen LogP contribution in [0, 0.1) is 18.2 Å². The molecule has 1 amide bonds. The molecule has 0 saturated heterocycles. The van der Waals surface area contributed by atoms with E-state index in [2.05, 4.69) is 36.9 Å². The molecule has 132 valence electrons. The highest BCUT2D eigenvalue weighted by Gasteiger charge is 2.10. The molecular weight excluding hydrogens is 347 g/mol. The van der Waals surface area contributed by atoms with Gasteiger partial charge in [0.25, 0.3) is 5.91 Å². The van der Waals surface area contributed by atoms with Crippen molar-refractivity contribution in [1.82, 2.24) is 4.57 Å². The van der Waals surface area contributed by atoms with Gasteiger partial charge >= 0.3 is 0 Å². The first-order valence-corrected chi connectivity index (χ1v) is 9.18. The summed E-state index contributed by atoms with van der Waals surface area (Å²) in [7, 11) is 0. The summed E-state index contributed by atoms with van der Waals surface area (Å²) in [4.78, 5) is 17.2. The van der Waals surface area contributed by atoms with Gasteiger partial charge in [0, 0.05) is 0 Å². The second kappa shape index (κ2) is 7.67. The van der Waals surface area contributed by atoms with E-state index >= 15 is 0 Å². The van der Waals surface area contributed by atoms with Gasteiger partial charge in [-0.05, 0) is 41.3 Å². The van der Waals surface area contributed by atoms with Crippen LogP contribution in [-0.4, -0.2) is 10.5 Å². The summed E-state index contributed by atoms with van der Waals surface area (Å²) in [5.74, 6) is 2.44. The second-order valence-electron chi connectivity index (χ2n) is 6.37. The van der Waals surface area contributed by atoms with Crippen molar-refractivity contribution in [2.75, 3.05) is 0 Å². The Bertz CT molecular complexity index is 1050. The number of nitrogens with zero attached hydrogens (tertiary/aromatic N) is 2. The van der Waals surface area contributed by atoms with Crippen molar-refractivity contribution in [2.45, 2.75) is 32.7 Å². The van der Waals surface area contributed by atoms with Gasteiger partial charge in [-0.25, -0.2) is 4.39 Å². The van der Waals surface area contributed by atoms with Crippen LogP contribution in [0.5, 0.6) is 0 Å². The molecule has 2 aromatic carbocycles. The van der Waals surface area contributed by atoms with Crippen LogP contribution >= 0.6 is 11.3 Å². The van der Waals surface area contributed by atoms with Gasteiger partial charge < -0.3 is 4.57 Å². The Balaban J connectivity index is 2.00. The third kappa shape index (κ3) is 3.92. The molecule has 3 aromatic rings. The third-order valence-electron chi connectivity index (χ3n) is 4.11. The number of hydrogen-bond donors (Lipinski definition) is 0. The average Bonchev–Trinajstić information content (AvgIpc) is 2.93. The smallest absolute Gasteiger partial charge is 0.252 e. The van der Waals surface area contributed by atoms with Crippen LogP contribution in [0.2, 0.25) is 0 Å². The third-order valence-corrected chi connectivity index (χ3v) is 5.15. The van der Waals surface area contributed by atoms with Crippen molar-refractivity contribution in [2.24, 2.45) is 4.99 Å². The number of carbonyl (C=O) groups excluding carboxylic acids is 1. The Morgan fingerprint density at radius 3 is 2.65 bits per heavy atom. The fourth-order valence-corrected chi connectivity index (χ4v) is 3.80. The van der Waals surface area contributed by atoms with E-state index < -0.39 is 0 Å². The standard InChI is InChI=1S/C21H19FN2OS/c1-4-11-24-18-10-7-16(14(2)3)13-19(18)26-21(24)23-20(25)12-15-5-8-17(22)9-6-15/h1,5-10,13-14H,11-12H2,2-3H3. The number of thiazole rings is 1. The molecule has 0 saturated carbocycles. The van der Waals surface area contributed by atoms with Crippen LogP contribution < -0.4 is 4.80 Å². The van der Waals surface area contributed by atoms with Gasteiger partial charge in [0.1, 0.15) is 5.82 Å². The van der Waals surface area contributed by atoms with Crippen LogP contribution in [0.1, 0.15) is 30.9 Å². The van der Waals surface area contributed by atoms with E-state index in [4.69, 9.17) is 6.42 Å². The van der Waals surface area contributed by atoms with Crippen molar-refractivity contribution >= 4 is 27.5 Å². The lowest BCUT2D eigenvalue weighted by molar-refractivity contribution is -0.117. The summed E-state index contributed by atoms with van der Waals surface area (Å²) < 4.78 is 15.9. The van der Waals surface area contributed by atoms with Gasteiger partial charge in [0.15, 0.2) is 4.80 Å². The number of aromatic nitrogens is 1. The largest absolute Gasteiger partial charge is 0.305 e. The Hall–Kier alpha value is -2.71. The molecule has 0 fully saturated rings. The van der Waals surface area contributed by atoms with Crippen molar-refractivity contribution in [3.8, 4) is 12.3 Å². The molecule has 3 rings (SSSR count). The molecule has 0 aliphatic rings. The molecule has 26 heavy (non-hydrogen) atoms. The maximum atomic E-state index is 13.0. The summed E-state index contributed by atoms with van der Waals surface area (Å²) in [6.45, 7) is 4.63. The molecule has 0 spiro atoms. The summed E-state index contributed by atoms with van der Waals surface area (Å²) in [6, 6.07) is 12.1. The van der Waals surface area contributed by atoms with Crippen molar-refractivity contribution in [3.63, 3.8) is 0 Å². The summed E-state index contributed by atoms with van der Waals surface area (Å²) in [5.41, 5.74) is 2.94. The molecule has 1 heterocycles. The molecule has 1 aromatic heterocycles. The molecule has 3 nitrogen and oxygen atoms in total.